The van der Waals surface area contributed by atoms with E-state index in [1.54, 1.807) is 11.8 Å². The second kappa shape index (κ2) is 5.94. The second-order valence-electron chi connectivity index (χ2n) is 7.48. The molecule has 0 aliphatic carbocycles. The van der Waals surface area contributed by atoms with Gasteiger partial charge in [0.15, 0.2) is 5.41 Å². The normalized spacial score (nSPS) is 29.1. The number of ether oxygens (including phenoxy) is 1. The first-order valence-corrected chi connectivity index (χ1v) is 8.83. The van der Waals surface area contributed by atoms with Gasteiger partial charge in [-0.2, -0.15) is 13.2 Å². The minimum atomic E-state index is -4.56. The molecule has 2 saturated heterocycles. The minimum absolute atomic E-state index is 0.229. The molecule has 2 N–H and O–H groups in total. The molecule has 7 nitrogen and oxygen atoms in total. The molecule has 28 heavy (non-hydrogen) atoms. The Morgan fingerprint density at radius 1 is 1.14 bits per heavy atom. The number of rotatable bonds is 0. The maximum Gasteiger partial charge on any atom is 0.416 e. The Morgan fingerprint density at radius 2 is 1.79 bits per heavy atom. The number of benzene rings is 1. The number of morpholine rings is 1. The lowest BCUT2D eigenvalue weighted by Gasteiger charge is -2.55. The summed E-state index contributed by atoms with van der Waals surface area (Å²) in [5.74, 6) is -1.66. The van der Waals surface area contributed by atoms with Gasteiger partial charge in [0.1, 0.15) is 0 Å². The molecule has 0 aromatic heterocycles. The van der Waals surface area contributed by atoms with Crippen molar-refractivity contribution in [3.05, 3.63) is 29.3 Å². The first-order valence-electron chi connectivity index (χ1n) is 8.83. The summed E-state index contributed by atoms with van der Waals surface area (Å²) in [7, 11) is 0. The molecular weight excluding hydrogens is 379 g/mol. The molecule has 10 heteroatoms. The molecule has 0 saturated carbocycles. The van der Waals surface area contributed by atoms with Crippen molar-refractivity contribution in [3.63, 3.8) is 0 Å². The fourth-order valence-corrected chi connectivity index (χ4v) is 4.62. The molecule has 3 aliphatic heterocycles. The zero-order chi connectivity index (χ0) is 20.4. The number of hydrogen-bond donors (Lipinski definition) is 2. The molecule has 150 valence electrons. The number of carbonyl (C=O) groups is 3. The van der Waals surface area contributed by atoms with E-state index in [9.17, 15) is 27.6 Å². The number of nitrogens with zero attached hydrogens (tertiary/aromatic N) is 1. The van der Waals surface area contributed by atoms with Crippen LogP contribution in [0.5, 0.6) is 0 Å². The molecule has 1 spiro atoms. The smallest absolute Gasteiger partial charge is 0.372 e. The van der Waals surface area contributed by atoms with Gasteiger partial charge in [0.25, 0.3) is 0 Å². The number of nitrogens with one attached hydrogen (secondary N) is 2. The summed E-state index contributed by atoms with van der Waals surface area (Å²) in [6, 6.07) is 1.62. The Hall–Kier alpha value is -2.62. The van der Waals surface area contributed by atoms with Gasteiger partial charge < -0.3 is 9.64 Å². The van der Waals surface area contributed by atoms with Gasteiger partial charge in [-0.25, -0.2) is 4.79 Å². The Balaban J connectivity index is 1.91. The van der Waals surface area contributed by atoms with Gasteiger partial charge >= 0.3 is 12.2 Å². The largest absolute Gasteiger partial charge is 0.416 e. The molecule has 0 bridgehead atoms. The lowest BCUT2D eigenvalue weighted by atomic mass is 9.66. The van der Waals surface area contributed by atoms with Crippen molar-refractivity contribution in [1.29, 1.82) is 0 Å². The van der Waals surface area contributed by atoms with E-state index in [1.807, 2.05) is 6.92 Å². The van der Waals surface area contributed by atoms with Gasteiger partial charge in [-0.3, -0.25) is 20.2 Å². The summed E-state index contributed by atoms with van der Waals surface area (Å²) in [5.41, 5.74) is -1.87. The Labute approximate surface area is 158 Å². The van der Waals surface area contributed by atoms with Crippen molar-refractivity contribution in [2.75, 3.05) is 11.4 Å². The predicted molar refractivity (Wildman–Crippen MR) is 90.4 cm³/mol. The summed E-state index contributed by atoms with van der Waals surface area (Å²) < 4.78 is 45.5. The van der Waals surface area contributed by atoms with Crippen LogP contribution in [-0.4, -0.2) is 42.6 Å². The zero-order valence-electron chi connectivity index (χ0n) is 15.1. The van der Waals surface area contributed by atoms with Crippen molar-refractivity contribution in [1.82, 2.24) is 10.6 Å². The number of barbiturate groups is 1. The topological polar surface area (TPSA) is 87.7 Å². The molecule has 1 aromatic rings. The number of imide groups is 2. The average molecular weight is 397 g/mol. The Morgan fingerprint density at radius 3 is 2.39 bits per heavy atom. The Bertz CT molecular complexity index is 865. The molecule has 0 radical (unpaired) electrons. The summed E-state index contributed by atoms with van der Waals surface area (Å²) in [6.45, 7) is 3.81. The van der Waals surface area contributed by atoms with E-state index in [-0.39, 0.29) is 18.1 Å². The fraction of sp³-hybridized carbons (Fsp3) is 0.500. The third kappa shape index (κ3) is 2.58. The van der Waals surface area contributed by atoms with Gasteiger partial charge in [-0.05, 0) is 44.0 Å². The van der Waals surface area contributed by atoms with Crippen molar-refractivity contribution < 1.29 is 32.3 Å². The molecule has 4 amide bonds. The highest BCUT2D eigenvalue weighted by molar-refractivity contribution is 6.20. The quantitative estimate of drug-likeness (QED) is 0.650. The minimum Gasteiger partial charge on any atom is -0.372 e. The summed E-state index contributed by atoms with van der Waals surface area (Å²) in [5, 5.41) is 4.19. The summed E-state index contributed by atoms with van der Waals surface area (Å²) in [6.07, 6.45) is -5.64. The molecule has 2 fully saturated rings. The molecule has 3 heterocycles. The van der Waals surface area contributed by atoms with E-state index in [0.29, 0.717) is 12.2 Å². The van der Waals surface area contributed by atoms with Gasteiger partial charge in [0.2, 0.25) is 11.8 Å². The second-order valence-corrected chi connectivity index (χ2v) is 7.48. The van der Waals surface area contributed by atoms with Gasteiger partial charge in [0, 0.05) is 12.2 Å². The van der Waals surface area contributed by atoms with E-state index in [1.165, 1.54) is 6.07 Å². The van der Waals surface area contributed by atoms with E-state index in [4.69, 9.17) is 4.74 Å². The van der Waals surface area contributed by atoms with E-state index in [0.717, 1.165) is 12.1 Å². The number of hydrogen-bond acceptors (Lipinski definition) is 5. The van der Waals surface area contributed by atoms with Gasteiger partial charge in [0.05, 0.1) is 23.8 Å². The highest BCUT2D eigenvalue weighted by Gasteiger charge is 2.62. The first kappa shape index (κ1) is 18.7. The molecular formula is C18H18F3N3O4. The maximum absolute atomic E-state index is 13.2. The number of alkyl halides is 3. The van der Waals surface area contributed by atoms with Crippen molar-refractivity contribution >= 4 is 23.5 Å². The van der Waals surface area contributed by atoms with Crippen LogP contribution in [0.1, 0.15) is 25.0 Å². The van der Waals surface area contributed by atoms with E-state index in [2.05, 4.69) is 10.6 Å². The average Bonchev–Trinajstić information content (AvgIpc) is 2.57. The monoisotopic (exact) mass is 397 g/mol. The number of urea groups is 1. The number of halogens is 3. The fourth-order valence-electron chi connectivity index (χ4n) is 4.62. The van der Waals surface area contributed by atoms with Crippen LogP contribution in [0.15, 0.2) is 18.2 Å². The number of carbonyl (C=O) groups excluding carboxylic acids is 3. The van der Waals surface area contributed by atoms with Crippen LogP contribution >= 0.6 is 0 Å². The lowest BCUT2D eigenvalue weighted by Crippen LogP contribution is -2.75. The molecule has 3 aliphatic rings. The Kier molecular flexibility index (Phi) is 3.97. The summed E-state index contributed by atoms with van der Waals surface area (Å²) >= 11 is 0. The molecule has 3 atom stereocenters. The first-order chi connectivity index (χ1) is 13.0. The lowest BCUT2D eigenvalue weighted by molar-refractivity contribution is -0.153. The van der Waals surface area contributed by atoms with Crippen LogP contribution in [-0.2, 0) is 26.9 Å². The van der Waals surface area contributed by atoms with Gasteiger partial charge in [-0.1, -0.05) is 0 Å². The molecule has 2 unspecified atom stereocenters. The van der Waals surface area contributed by atoms with E-state index < -0.39 is 47.1 Å². The van der Waals surface area contributed by atoms with Crippen LogP contribution < -0.4 is 15.5 Å². The van der Waals surface area contributed by atoms with Crippen molar-refractivity contribution in [2.45, 2.75) is 44.7 Å². The predicted octanol–water partition coefficient (Wildman–Crippen LogP) is 1.60. The maximum atomic E-state index is 13.2. The number of amides is 4. The standard InChI is InChI=1S/C18H18F3N3O4/c1-8-7-24-12-4-3-11(18(19,20)21)5-10(12)6-17(13(24)9(2)28-8)14(25)22-16(27)23-15(17)26/h3-5,8-9,13H,6-7H2,1-2H3,(H2,22,23,25,26,27)/t8?,9?,13-/m1/s1. The molecule has 4 rings (SSSR count). The van der Waals surface area contributed by atoms with Crippen LogP contribution in [0.4, 0.5) is 23.7 Å². The zero-order valence-corrected chi connectivity index (χ0v) is 15.1. The molecule has 1 aromatic carbocycles. The summed E-state index contributed by atoms with van der Waals surface area (Å²) in [4.78, 5) is 39.1. The van der Waals surface area contributed by atoms with Crippen molar-refractivity contribution in [2.24, 2.45) is 5.41 Å². The third-order valence-electron chi connectivity index (χ3n) is 5.64. The van der Waals surface area contributed by atoms with Gasteiger partial charge in [-0.15, -0.1) is 0 Å². The van der Waals surface area contributed by atoms with Crippen LogP contribution in [0.3, 0.4) is 0 Å². The van der Waals surface area contributed by atoms with E-state index >= 15 is 0 Å². The number of fused-ring (bicyclic) bond motifs is 4. The third-order valence-corrected chi connectivity index (χ3v) is 5.64. The van der Waals surface area contributed by atoms with Crippen molar-refractivity contribution in [3.8, 4) is 0 Å². The number of anilines is 1. The SMILES string of the molecule is CC1CN2c3ccc(C(F)(F)F)cc3CC3(C(=O)NC(=O)NC3=O)[C@H]2C(C)O1. The highest BCUT2D eigenvalue weighted by atomic mass is 19.4. The van der Waals surface area contributed by atoms with Crippen LogP contribution in [0, 0.1) is 5.41 Å². The highest BCUT2D eigenvalue weighted by Crippen LogP contribution is 2.47. The van der Waals surface area contributed by atoms with Crippen LogP contribution in [0.2, 0.25) is 0 Å². The van der Waals surface area contributed by atoms with Crippen LogP contribution in [0.25, 0.3) is 0 Å².